The van der Waals surface area contributed by atoms with Gasteiger partial charge in [-0.15, -0.1) is 21.5 Å². The minimum Gasteiger partial charge on any atom is -0.493 e. The van der Waals surface area contributed by atoms with Crippen LogP contribution >= 0.6 is 23.1 Å². The molecular formula is C21H26N4O4S3. The fourth-order valence-electron chi connectivity index (χ4n) is 3.66. The lowest BCUT2D eigenvalue weighted by molar-refractivity contribution is 0.311. The van der Waals surface area contributed by atoms with Crippen LogP contribution in [0.2, 0.25) is 0 Å². The Hall–Kier alpha value is -2.11. The molecule has 1 unspecified atom stereocenters. The van der Waals surface area contributed by atoms with Crippen molar-refractivity contribution in [2.24, 2.45) is 13.0 Å². The summed E-state index contributed by atoms with van der Waals surface area (Å²) in [6.45, 7) is 2.52. The molecule has 4 rings (SSSR count). The van der Waals surface area contributed by atoms with E-state index in [1.54, 1.807) is 30.2 Å². The van der Waals surface area contributed by atoms with Crippen LogP contribution in [0.5, 0.6) is 11.5 Å². The molecule has 3 aromatic rings. The van der Waals surface area contributed by atoms with E-state index in [-0.39, 0.29) is 17.4 Å². The van der Waals surface area contributed by atoms with Crippen LogP contribution in [0.4, 0.5) is 0 Å². The number of aromatic nitrogens is 4. The van der Waals surface area contributed by atoms with Crippen molar-refractivity contribution < 1.29 is 17.9 Å². The molecule has 32 heavy (non-hydrogen) atoms. The summed E-state index contributed by atoms with van der Waals surface area (Å²) in [5.41, 5.74) is 1.95. The fourth-order valence-corrected chi connectivity index (χ4v) is 7.27. The maximum Gasteiger partial charge on any atom is 0.191 e. The van der Waals surface area contributed by atoms with Gasteiger partial charge in [0.1, 0.15) is 10.8 Å². The minimum absolute atomic E-state index is 0.132. The van der Waals surface area contributed by atoms with E-state index in [0.29, 0.717) is 31.0 Å². The van der Waals surface area contributed by atoms with Gasteiger partial charge in [-0.25, -0.2) is 13.4 Å². The zero-order chi connectivity index (χ0) is 22.7. The van der Waals surface area contributed by atoms with Crippen LogP contribution < -0.4 is 9.47 Å². The zero-order valence-corrected chi connectivity index (χ0v) is 20.7. The minimum atomic E-state index is -2.88. The quantitative estimate of drug-likeness (QED) is 0.416. The van der Waals surface area contributed by atoms with Gasteiger partial charge in [0, 0.05) is 30.2 Å². The third-order valence-corrected chi connectivity index (χ3v) is 9.17. The second-order valence-electron chi connectivity index (χ2n) is 7.66. The third-order valence-electron chi connectivity index (χ3n) is 5.33. The first kappa shape index (κ1) is 23.1. The summed E-state index contributed by atoms with van der Waals surface area (Å²) >= 11 is 3.16. The van der Waals surface area contributed by atoms with Crippen molar-refractivity contribution in [2.75, 3.05) is 25.2 Å². The van der Waals surface area contributed by atoms with Gasteiger partial charge in [0.25, 0.3) is 0 Å². The topological polar surface area (TPSA) is 96.2 Å². The molecule has 11 heteroatoms. The van der Waals surface area contributed by atoms with E-state index in [1.807, 2.05) is 42.1 Å². The average molecular weight is 495 g/mol. The summed E-state index contributed by atoms with van der Waals surface area (Å²) < 4.78 is 36.4. The normalized spacial score (nSPS) is 17.5. The first-order valence-electron chi connectivity index (χ1n) is 10.4. The van der Waals surface area contributed by atoms with E-state index in [2.05, 4.69) is 10.2 Å². The highest BCUT2D eigenvalue weighted by Gasteiger charge is 2.29. The van der Waals surface area contributed by atoms with Gasteiger partial charge in [-0.3, -0.25) is 0 Å². The highest BCUT2D eigenvalue weighted by Crippen LogP contribution is 2.34. The Morgan fingerprint density at radius 3 is 2.84 bits per heavy atom. The Balaban J connectivity index is 1.39. The van der Waals surface area contributed by atoms with E-state index in [1.165, 1.54) is 0 Å². The zero-order valence-electron chi connectivity index (χ0n) is 18.3. The standard InChI is InChI=1S/C21H26N4O4S3/c1-4-29-17-6-5-15(10-18(17)28-3)20-22-16(11-30-20)12-31-21-24-23-19(25(21)2)9-14-7-8-32(26,27)13-14/h5-6,10-11,14H,4,7-9,12-13H2,1-3H3. The number of sulfone groups is 1. The second-order valence-corrected chi connectivity index (χ2v) is 11.7. The predicted molar refractivity (Wildman–Crippen MR) is 126 cm³/mol. The van der Waals surface area contributed by atoms with Crippen LogP contribution in [-0.4, -0.2) is 53.4 Å². The van der Waals surface area contributed by atoms with Gasteiger partial charge in [0.2, 0.25) is 0 Å². The molecule has 1 aliphatic heterocycles. The van der Waals surface area contributed by atoms with E-state index in [4.69, 9.17) is 14.5 Å². The lowest BCUT2D eigenvalue weighted by atomic mass is 10.1. The molecule has 1 aliphatic rings. The summed E-state index contributed by atoms with van der Waals surface area (Å²) in [5.74, 6) is 3.58. The number of thioether (sulfide) groups is 1. The summed E-state index contributed by atoms with van der Waals surface area (Å²) in [6, 6.07) is 5.84. The molecule has 0 aliphatic carbocycles. The Bertz CT molecular complexity index is 1190. The maximum absolute atomic E-state index is 11.7. The second kappa shape index (κ2) is 9.80. The number of methoxy groups -OCH3 is 1. The Labute approximate surface area is 196 Å². The molecule has 8 nitrogen and oxygen atoms in total. The molecule has 1 aromatic carbocycles. The first-order chi connectivity index (χ1) is 15.4. The molecular weight excluding hydrogens is 468 g/mol. The largest absolute Gasteiger partial charge is 0.493 e. The molecule has 1 atom stereocenters. The van der Waals surface area contributed by atoms with Crippen LogP contribution in [-0.2, 0) is 29.1 Å². The maximum atomic E-state index is 11.7. The summed E-state index contributed by atoms with van der Waals surface area (Å²) in [6.07, 6.45) is 1.35. The molecule has 1 fully saturated rings. The number of hydrogen-bond donors (Lipinski definition) is 0. The van der Waals surface area contributed by atoms with Gasteiger partial charge < -0.3 is 14.0 Å². The Kier molecular flexibility index (Phi) is 7.06. The molecule has 0 bridgehead atoms. The molecule has 0 amide bonds. The molecule has 0 saturated carbocycles. The predicted octanol–water partition coefficient (Wildman–Crippen LogP) is 3.62. The van der Waals surface area contributed by atoms with Crippen molar-refractivity contribution in [3.63, 3.8) is 0 Å². The number of hydrogen-bond acceptors (Lipinski definition) is 9. The van der Waals surface area contributed by atoms with E-state index in [0.717, 1.165) is 33.0 Å². The summed E-state index contributed by atoms with van der Waals surface area (Å²) in [4.78, 5) is 4.76. The SMILES string of the molecule is CCOc1ccc(-c2nc(CSc3nnc(CC4CCS(=O)(=O)C4)n3C)cs2)cc1OC. The van der Waals surface area contributed by atoms with Crippen LogP contribution in [0.3, 0.4) is 0 Å². The highest BCUT2D eigenvalue weighted by atomic mass is 32.2. The molecule has 0 radical (unpaired) electrons. The van der Waals surface area contributed by atoms with Gasteiger partial charge in [-0.2, -0.15) is 0 Å². The van der Waals surface area contributed by atoms with Crippen LogP contribution in [0, 0.1) is 5.92 Å². The average Bonchev–Trinajstić information content (AvgIpc) is 3.47. The molecule has 0 spiro atoms. The lowest BCUT2D eigenvalue weighted by Crippen LogP contribution is -2.11. The molecule has 2 aromatic heterocycles. The van der Waals surface area contributed by atoms with Crippen LogP contribution in [0.1, 0.15) is 24.9 Å². The molecule has 1 saturated heterocycles. The van der Waals surface area contributed by atoms with Crippen LogP contribution in [0.15, 0.2) is 28.7 Å². The smallest absolute Gasteiger partial charge is 0.191 e. The monoisotopic (exact) mass is 494 g/mol. The lowest BCUT2D eigenvalue weighted by Gasteiger charge is -2.09. The van der Waals surface area contributed by atoms with Gasteiger partial charge in [-0.05, 0) is 37.5 Å². The van der Waals surface area contributed by atoms with Gasteiger partial charge in [-0.1, -0.05) is 11.8 Å². The van der Waals surface area contributed by atoms with Crippen molar-refractivity contribution in [3.05, 3.63) is 35.1 Å². The number of benzene rings is 1. The van der Waals surface area contributed by atoms with Gasteiger partial charge in [0.15, 0.2) is 26.5 Å². The Morgan fingerprint density at radius 2 is 2.12 bits per heavy atom. The van der Waals surface area contributed by atoms with Crippen molar-refractivity contribution in [3.8, 4) is 22.1 Å². The van der Waals surface area contributed by atoms with Crippen LogP contribution in [0.25, 0.3) is 10.6 Å². The number of thiazole rings is 1. The Morgan fingerprint density at radius 1 is 1.28 bits per heavy atom. The number of nitrogens with zero attached hydrogens (tertiary/aromatic N) is 4. The summed E-state index contributed by atoms with van der Waals surface area (Å²) in [5, 5.41) is 12.4. The van der Waals surface area contributed by atoms with Crippen molar-refractivity contribution in [1.82, 2.24) is 19.7 Å². The number of ether oxygens (including phenoxy) is 2. The highest BCUT2D eigenvalue weighted by molar-refractivity contribution is 7.98. The molecule has 172 valence electrons. The van der Waals surface area contributed by atoms with E-state index in [9.17, 15) is 8.42 Å². The van der Waals surface area contributed by atoms with Gasteiger partial charge in [0.05, 0.1) is 30.9 Å². The number of rotatable bonds is 9. The first-order valence-corrected chi connectivity index (χ1v) is 14.0. The fraction of sp³-hybridized carbons (Fsp3) is 0.476. The van der Waals surface area contributed by atoms with E-state index >= 15 is 0 Å². The van der Waals surface area contributed by atoms with Gasteiger partial charge >= 0.3 is 0 Å². The van der Waals surface area contributed by atoms with E-state index < -0.39 is 9.84 Å². The third kappa shape index (κ3) is 5.26. The molecule has 0 N–H and O–H groups in total. The van der Waals surface area contributed by atoms with Crippen molar-refractivity contribution >= 4 is 32.9 Å². The summed E-state index contributed by atoms with van der Waals surface area (Å²) in [7, 11) is 0.679. The van der Waals surface area contributed by atoms with Crippen molar-refractivity contribution in [1.29, 1.82) is 0 Å². The van der Waals surface area contributed by atoms with Crippen molar-refractivity contribution in [2.45, 2.75) is 30.7 Å². The molecule has 3 heterocycles.